The molecular formula is C20H23ClN2O2S. The molecular weight excluding hydrogens is 368 g/mol. The average Bonchev–Trinajstić information content (AvgIpc) is 2.62. The number of carbonyl (C=O) groups excluding carboxylic acids is 2. The number of nitrogens with one attached hydrogen (secondary N) is 2. The molecule has 0 bridgehead atoms. The van der Waals surface area contributed by atoms with Gasteiger partial charge in [-0.25, -0.2) is 0 Å². The summed E-state index contributed by atoms with van der Waals surface area (Å²) in [6, 6.07) is 17.1. The highest BCUT2D eigenvalue weighted by atomic mass is 35.5. The molecule has 0 aliphatic rings. The van der Waals surface area contributed by atoms with Crippen LogP contribution in [0.5, 0.6) is 0 Å². The lowest BCUT2D eigenvalue weighted by atomic mass is 10.1. The van der Waals surface area contributed by atoms with Crippen molar-refractivity contribution < 1.29 is 9.59 Å². The van der Waals surface area contributed by atoms with E-state index in [0.29, 0.717) is 5.02 Å². The number of amides is 2. The van der Waals surface area contributed by atoms with Gasteiger partial charge in [0.25, 0.3) is 5.91 Å². The van der Waals surface area contributed by atoms with Gasteiger partial charge in [0.2, 0.25) is 5.91 Å². The zero-order valence-corrected chi connectivity index (χ0v) is 16.4. The quantitative estimate of drug-likeness (QED) is 0.703. The minimum absolute atomic E-state index is 0.150. The molecule has 0 radical (unpaired) electrons. The van der Waals surface area contributed by atoms with Crippen molar-refractivity contribution in [2.24, 2.45) is 5.92 Å². The van der Waals surface area contributed by atoms with Gasteiger partial charge in [0.1, 0.15) is 0 Å². The molecule has 1 atom stereocenters. The van der Waals surface area contributed by atoms with E-state index in [1.807, 2.05) is 44.2 Å². The normalized spacial score (nSPS) is 11.8. The lowest BCUT2D eigenvalue weighted by Gasteiger charge is -2.20. The fraction of sp³-hybridized carbons (Fsp3) is 0.300. The highest BCUT2D eigenvalue weighted by Crippen LogP contribution is 2.23. The number of halogens is 1. The molecule has 0 saturated carbocycles. The van der Waals surface area contributed by atoms with E-state index in [1.54, 1.807) is 36.0 Å². The Morgan fingerprint density at radius 3 is 2.23 bits per heavy atom. The van der Waals surface area contributed by atoms with Crippen LogP contribution in [-0.4, -0.2) is 17.1 Å². The number of rotatable bonds is 7. The van der Waals surface area contributed by atoms with Gasteiger partial charge in [0.15, 0.2) is 0 Å². The summed E-state index contributed by atoms with van der Waals surface area (Å²) in [6.45, 7) is 4.00. The van der Waals surface area contributed by atoms with Crippen LogP contribution in [0, 0.1) is 5.92 Å². The van der Waals surface area contributed by atoms with Crippen LogP contribution in [0.3, 0.4) is 0 Å². The first-order chi connectivity index (χ1) is 12.5. The second kappa shape index (κ2) is 10.2. The molecule has 0 aliphatic heterocycles. The van der Waals surface area contributed by atoms with E-state index in [1.165, 1.54) is 5.56 Å². The van der Waals surface area contributed by atoms with Crippen LogP contribution >= 0.6 is 23.4 Å². The van der Waals surface area contributed by atoms with Crippen LogP contribution in [0.15, 0.2) is 54.6 Å². The highest BCUT2D eigenvalue weighted by Gasteiger charge is 2.23. The molecule has 2 aromatic carbocycles. The topological polar surface area (TPSA) is 58.2 Å². The van der Waals surface area contributed by atoms with Gasteiger partial charge in [-0.3, -0.25) is 20.4 Å². The molecule has 138 valence electrons. The van der Waals surface area contributed by atoms with Gasteiger partial charge in [0.05, 0.1) is 11.7 Å². The Morgan fingerprint density at radius 2 is 1.62 bits per heavy atom. The van der Waals surface area contributed by atoms with Gasteiger partial charge in [-0.2, -0.15) is 0 Å². The summed E-state index contributed by atoms with van der Waals surface area (Å²) in [5, 5.41) is 0.378. The van der Waals surface area contributed by atoms with E-state index in [-0.39, 0.29) is 29.4 Å². The van der Waals surface area contributed by atoms with E-state index in [4.69, 9.17) is 11.6 Å². The van der Waals surface area contributed by atoms with Crippen molar-refractivity contribution >= 4 is 35.2 Å². The zero-order valence-electron chi connectivity index (χ0n) is 14.9. The molecule has 2 rings (SSSR count). The van der Waals surface area contributed by atoms with Crippen LogP contribution in [0.1, 0.15) is 25.0 Å². The van der Waals surface area contributed by atoms with Crippen molar-refractivity contribution in [1.29, 1.82) is 0 Å². The Kier molecular flexibility index (Phi) is 8.01. The molecule has 2 aromatic rings. The molecule has 2 amide bonds. The van der Waals surface area contributed by atoms with Crippen molar-refractivity contribution in [3.63, 3.8) is 0 Å². The molecule has 0 aliphatic carbocycles. The van der Waals surface area contributed by atoms with Crippen molar-refractivity contribution in [2.75, 3.05) is 0 Å². The molecule has 4 nitrogen and oxygen atoms in total. The Labute approximate surface area is 163 Å². The van der Waals surface area contributed by atoms with Crippen LogP contribution in [0.2, 0.25) is 5.02 Å². The predicted octanol–water partition coefficient (Wildman–Crippen LogP) is 3.99. The average molecular weight is 391 g/mol. The molecule has 0 heterocycles. The van der Waals surface area contributed by atoms with Gasteiger partial charge in [-0.15, -0.1) is 11.8 Å². The molecule has 6 heteroatoms. The third-order valence-corrected chi connectivity index (χ3v) is 5.61. The van der Waals surface area contributed by atoms with Gasteiger partial charge < -0.3 is 0 Å². The Hall–Kier alpha value is -1.98. The Morgan fingerprint density at radius 1 is 0.962 bits per heavy atom. The zero-order chi connectivity index (χ0) is 18.9. The molecule has 26 heavy (non-hydrogen) atoms. The van der Waals surface area contributed by atoms with Crippen LogP contribution in [0.4, 0.5) is 0 Å². The minimum Gasteiger partial charge on any atom is -0.273 e. The first kappa shape index (κ1) is 20.3. The standard InChI is InChI=1S/C20H23ClN2O2S/c1-14(2)19(26-13-16-6-4-3-5-7-16)20(25)23-22-18(24)12-15-8-10-17(21)11-9-15/h3-11,14,19H,12-13H2,1-2H3,(H,22,24)(H,23,25). The van der Waals surface area contributed by atoms with E-state index in [0.717, 1.165) is 11.3 Å². The first-order valence-corrected chi connectivity index (χ1v) is 9.87. The van der Waals surface area contributed by atoms with Crippen molar-refractivity contribution in [3.8, 4) is 0 Å². The lowest BCUT2D eigenvalue weighted by Crippen LogP contribution is -2.47. The van der Waals surface area contributed by atoms with E-state index < -0.39 is 0 Å². The number of hydrazine groups is 1. The van der Waals surface area contributed by atoms with E-state index >= 15 is 0 Å². The Balaban J connectivity index is 1.82. The number of hydrogen-bond donors (Lipinski definition) is 2. The van der Waals surface area contributed by atoms with Gasteiger partial charge in [-0.1, -0.05) is 67.9 Å². The second-order valence-electron chi connectivity index (χ2n) is 6.30. The van der Waals surface area contributed by atoms with Crippen LogP contribution < -0.4 is 10.9 Å². The summed E-state index contributed by atoms with van der Waals surface area (Å²) in [5.74, 6) is 0.439. The summed E-state index contributed by atoms with van der Waals surface area (Å²) in [4.78, 5) is 24.5. The number of hydrogen-bond acceptors (Lipinski definition) is 3. The van der Waals surface area contributed by atoms with Crippen molar-refractivity contribution in [2.45, 2.75) is 31.3 Å². The van der Waals surface area contributed by atoms with E-state index in [2.05, 4.69) is 10.9 Å². The maximum absolute atomic E-state index is 12.4. The van der Waals surface area contributed by atoms with Gasteiger partial charge in [0, 0.05) is 10.8 Å². The monoisotopic (exact) mass is 390 g/mol. The third kappa shape index (κ3) is 6.73. The summed E-state index contributed by atoms with van der Waals surface area (Å²) < 4.78 is 0. The number of carbonyl (C=O) groups is 2. The maximum Gasteiger partial charge on any atom is 0.251 e. The van der Waals surface area contributed by atoms with Crippen LogP contribution in [0.25, 0.3) is 0 Å². The van der Waals surface area contributed by atoms with Crippen molar-refractivity contribution in [3.05, 3.63) is 70.7 Å². The largest absolute Gasteiger partial charge is 0.273 e. The summed E-state index contributed by atoms with van der Waals surface area (Å²) in [6.07, 6.45) is 0.182. The smallest absolute Gasteiger partial charge is 0.251 e. The summed E-state index contributed by atoms with van der Waals surface area (Å²) in [7, 11) is 0. The minimum atomic E-state index is -0.267. The molecule has 0 saturated heterocycles. The molecule has 2 N–H and O–H groups in total. The summed E-state index contributed by atoms with van der Waals surface area (Å²) in [5.41, 5.74) is 7.04. The van der Waals surface area contributed by atoms with Crippen LogP contribution in [-0.2, 0) is 21.8 Å². The predicted molar refractivity (Wildman–Crippen MR) is 108 cm³/mol. The van der Waals surface area contributed by atoms with Gasteiger partial charge in [-0.05, 0) is 29.2 Å². The first-order valence-electron chi connectivity index (χ1n) is 8.44. The van der Waals surface area contributed by atoms with Crippen molar-refractivity contribution in [1.82, 2.24) is 10.9 Å². The maximum atomic E-state index is 12.4. The number of benzene rings is 2. The molecule has 0 spiro atoms. The number of thioether (sulfide) groups is 1. The molecule has 1 unspecified atom stereocenters. The summed E-state index contributed by atoms with van der Waals surface area (Å²) >= 11 is 7.40. The van der Waals surface area contributed by atoms with Gasteiger partial charge >= 0.3 is 0 Å². The highest BCUT2D eigenvalue weighted by molar-refractivity contribution is 7.99. The fourth-order valence-corrected chi connectivity index (χ4v) is 3.65. The molecule has 0 aromatic heterocycles. The third-order valence-electron chi connectivity index (χ3n) is 3.74. The Bertz CT molecular complexity index is 720. The fourth-order valence-electron chi connectivity index (χ4n) is 2.37. The molecule has 0 fully saturated rings. The lowest BCUT2D eigenvalue weighted by molar-refractivity contribution is -0.128. The van der Waals surface area contributed by atoms with E-state index in [9.17, 15) is 9.59 Å². The SMILES string of the molecule is CC(C)C(SCc1ccccc1)C(=O)NNC(=O)Cc1ccc(Cl)cc1. The second-order valence-corrected chi connectivity index (χ2v) is 7.87.